The second-order valence-electron chi connectivity index (χ2n) is 11.8. The fraction of sp³-hybridized carbons (Fsp3) is 0.118. The maximum atomic E-state index is 12.0. The minimum Gasteiger partial charge on any atom is -0.506 e. The summed E-state index contributed by atoms with van der Waals surface area (Å²) >= 11 is 11.9. The van der Waals surface area contributed by atoms with E-state index in [0.29, 0.717) is 27.1 Å². The molecule has 21 nitrogen and oxygen atoms in total. The van der Waals surface area contributed by atoms with E-state index in [-0.39, 0.29) is 97.8 Å². The molecule has 0 bridgehead atoms. The minimum absolute atomic E-state index is 0. The molecule has 27 heteroatoms. The summed E-state index contributed by atoms with van der Waals surface area (Å²) in [5.41, 5.74) is 0.301. The molecule has 4 aromatic carbocycles. The average molecular weight is 964 g/mol. The molecular formula is C34H31Cl2CrN11NaO10S2+. The van der Waals surface area contributed by atoms with E-state index in [4.69, 9.17) is 23.2 Å². The molecule has 0 aliphatic heterocycles. The molecular weight excluding hydrogens is 932 g/mol. The number of aromatic hydroxyl groups is 4. The van der Waals surface area contributed by atoms with Crippen molar-refractivity contribution < 1.29 is 89.1 Å². The van der Waals surface area contributed by atoms with Crippen LogP contribution in [-0.2, 0) is 37.4 Å². The fourth-order valence-corrected chi connectivity index (χ4v) is 7.05. The Balaban J connectivity index is 0.000000316. The van der Waals surface area contributed by atoms with E-state index in [1.54, 1.807) is 62.4 Å². The van der Waals surface area contributed by atoms with Crippen molar-refractivity contribution in [1.82, 2.24) is 29.0 Å². The van der Waals surface area contributed by atoms with Gasteiger partial charge in [-0.05, 0) is 88.6 Å². The largest absolute Gasteiger partial charge is 1.00 e. The topological polar surface area (TPSA) is 301 Å². The van der Waals surface area contributed by atoms with Crippen molar-refractivity contribution in [2.75, 3.05) is 14.1 Å². The number of rotatable bonds is 11. The van der Waals surface area contributed by atoms with Crippen LogP contribution in [0.15, 0.2) is 109 Å². The predicted octanol–water partition coefficient (Wildman–Crippen LogP) is 4.05. The molecule has 0 saturated heterocycles. The van der Waals surface area contributed by atoms with Gasteiger partial charge in [-0.1, -0.05) is 35.3 Å². The van der Waals surface area contributed by atoms with Crippen molar-refractivity contribution in [3.05, 3.63) is 110 Å². The molecule has 6 rings (SSSR count). The number of phenols is 2. The van der Waals surface area contributed by atoms with Gasteiger partial charge < -0.3 is 20.4 Å². The Hall–Kier alpha value is -4.97. The zero-order chi connectivity index (χ0) is 43.4. The van der Waals surface area contributed by atoms with Crippen molar-refractivity contribution in [1.29, 1.82) is 0 Å². The monoisotopic (exact) mass is 962 g/mol. The number of sulfonamides is 2. The van der Waals surface area contributed by atoms with Gasteiger partial charge in [0, 0.05) is 33.5 Å². The summed E-state index contributed by atoms with van der Waals surface area (Å²) in [5.74, 6) is -2.01. The zero-order valence-corrected chi connectivity index (χ0v) is 38.7. The van der Waals surface area contributed by atoms with Crippen LogP contribution in [0.2, 0.25) is 10.0 Å². The molecule has 6 aromatic rings. The third kappa shape index (κ3) is 11.3. The summed E-state index contributed by atoms with van der Waals surface area (Å²) in [4.78, 5) is 9.46. The summed E-state index contributed by atoms with van der Waals surface area (Å²) in [5, 5.41) is 77.2. The maximum Gasteiger partial charge on any atom is 1.00 e. The van der Waals surface area contributed by atoms with Crippen LogP contribution in [-0.4, -0.2) is 75.8 Å². The van der Waals surface area contributed by atoms with Crippen LogP contribution in [0.4, 0.5) is 28.4 Å². The van der Waals surface area contributed by atoms with Gasteiger partial charge >= 0.3 is 35.2 Å². The Bertz CT molecular complexity index is 2900. The van der Waals surface area contributed by atoms with Crippen molar-refractivity contribution in [3.8, 4) is 34.6 Å². The van der Waals surface area contributed by atoms with E-state index in [0.717, 1.165) is 25.2 Å². The summed E-state index contributed by atoms with van der Waals surface area (Å²) in [6.45, 7) is 3.18. The summed E-state index contributed by atoms with van der Waals surface area (Å²) < 4.78 is 54.0. The third-order valence-corrected chi connectivity index (χ3v) is 11.3. The van der Waals surface area contributed by atoms with Gasteiger partial charge in [-0.25, -0.2) is 26.3 Å². The van der Waals surface area contributed by atoms with Gasteiger partial charge in [0.05, 0.1) is 32.6 Å². The Morgan fingerprint density at radius 3 is 1.57 bits per heavy atom. The summed E-state index contributed by atoms with van der Waals surface area (Å²) in [6, 6.07) is 18.9. The molecule has 0 fully saturated rings. The van der Waals surface area contributed by atoms with E-state index in [2.05, 4.69) is 35.4 Å². The van der Waals surface area contributed by atoms with Crippen molar-refractivity contribution in [2.45, 2.75) is 23.6 Å². The minimum atomic E-state index is -4.21. The van der Waals surface area contributed by atoms with E-state index in [9.17, 15) is 47.4 Å². The van der Waals surface area contributed by atoms with Gasteiger partial charge in [0.1, 0.15) is 17.1 Å². The summed E-state index contributed by atoms with van der Waals surface area (Å²) in [7, 11) is -5.56. The number of phenolic OH excluding ortho intramolecular Hbond substituents is 2. The molecule has 0 radical (unpaired) electrons. The van der Waals surface area contributed by atoms with Gasteiger partial charge in [0.25, 0.3) is 0 Å². The standard InChI is InChI=1S/C17H15ClN6O6S.C17H16ClN5O4S.Cr.Na/c1-9-14(17(26)23(22-9)11-5-3-4-10(18)8-11)21-20-12-6-7-13(31(29,30)19-2)15(16(12)25)24(27)28;1-10-16(17(25)23(22-10)12-5-3-4-11(18)8-12)21-20-14-7-6-13(9-15(14)24)28(26,27)19-2;;/h3-8,19,25-26H,1-2H3;3-9,19,24-25H,1-2H3;;/q;;;+1. The molecule has 314 valence electrons. The van der Waals surface area contributed by atoms with Crippen LogP contribution in [0.1, 0.15) is 11.4 Å². The van der Waals surface area contributed by atoms with Crippen molar-refractivity contribution in [3.63, 3.8) is 0 Å². The number of hydrogen-bond donors (Lipinski definition) is 6. The second-order valence-corrected chi connectivity index (χ2v) is 16.4. The van der Waals surface area contributed by atoms with E-state index < -0.39 is 41.3 Å². The normalized spacial score (nSPS) is 11.5. The number of nitrogens with one attached hydrogen (secondary N) is 2. The molecule has 0 saturated carbocycles. The van der Waals surface area contributed by atoms with Gasteiger partial charge in [-0.15, -0.1) is 20.5 Å². The smallest absolute Gasteiger partial charge is 0.506 e. The van der Waals surface area contributed by atoms with E-state index in [1.165, 1.54) is 28.5 Å². The molecule has 0 spiro atoms. The van der Waals surface area contributed by atoms with Gasteiger partial charge in [-0.3, -0.25) is 10.1 Å². The van der Waals surface area contributed by atoms with Crippen LogP contribution in [0.25, 0.3) is 11.4 Å². The van der Waals surface area contributed by atoms with Gasteiger partial charge in [0.15, 0.2) is 16.3 Å². The van der Waals surface area contributed by atoms with Crippen LogP contribution in [0.5, 0.6) is 23.3 Å². The number of nitrogens with zero attached hydrogens (tertiary/aromatic N) is 9. The molecule has 2 aromatic heterocycles. The fourth-order valence-electron chi connectivity index (χ4n) is 5.04. The first-order chi connectivity index (χ1) is 27.8. The first-order valence-corrected chi connectivity index (χ1v) is 20.1. The quantitative estimate of drug-likeness (QED) is 0.0464. The number of nitro benzene ring substituents is 1. The maximum absolute atomic E-state index is 12.0. The molecule has 0 atom stereocenters. The molecule has 6 N–H and O–H groups in total. The number of nitro groups is 1. The van der Waals surface area contributed by atoms with Crippen LogP contribution in [0, 0.1) is 24.0 Å². The second kappa shape index (κ2) is 20.7. The first kappa shape index (κ1) is 50.4. The molecule has 0 aliphatic rings. The van der Waals surface area contributed by atoms with Crippen LogP contribution < -0.4 is 39.0 Å². The molecule has 0 unspecified atom stereocenters. The predicted molar refractivity (Wildman–Crippen MR) is 214 cm³/mol. The van der Waals surface area contributed by atoms with E-state index in [1.807, 2.05) is 4.72 Å². The number of halogens is 2. The Morgan fingerprint density at radius 1 is 0.689 bits per heavy atom. The van der Waals surface area contributed by atoms with Crippen LogP contribution >= 0.6 is 23.2 Å². The Kier molecular flexibility index (Phi) is 17.1. The third-order valence-electron chi connectivity index (χ3n) is 7.99. The first-order valence-electron chi connectivity index (χ1n) is 16.4. The van der Waals surface area contributed by atoms with Crippen molar-refractivity contribution in [2.24, 2.45) is 20.5 Å². The number of aryl methyl sites for hydroxylation is 2. The number of benzene rings is 4. The Labute approximate surface area is 390 Å². The van der Waals surface area contributed by atoms with Gasteiger partial charge in [-0.2, -0.15) is 19.6 Å². The number of azo groups is 2. The van der Waals surface area contributed by atoms with Crippen molar-refractivity contribution >= 4 is 71.7 Å². The van der Waals surface area contributed by atoms with E-state index >= 15 is 0 Å². The molecule has 0 aliphatic carbocycles. The molecule has 2 heterocycles. The zero-order valence-electron chi connectivity index (χ0n) is 32.2. The Morgan fingerprint density at radius 2 is 1.15 bits per heavy atom. The SMILES string of the molecule is CNS(=O)(=O)c1ccc(N=Nc2c(C)nn(-c3cccc(Cl)c3)c2O)c(O)c1.CNS(=O)(=O)c1ccc(N=Nc2c(C)nn(-c3cccc(Cl)c3)c2O)c(O)c1[N+](=O)[O-].[Cr].[Na+]. The molecule has 0 amide bonds. The molecule has 61 heavy (non-hydrogen) atoms. The number of aromatic nitrogens is 4. The average Bonchev–Trinajstić information content (AvgIpc) is 3.65. The van der Waals surface area contributed by atoms with Crippen LogP contribution in [0.3, 0.4) is 0 Å². The summed E-state index contributed by atoms with van der Waals surface area (Å²) in [6.07, 6.45) is 0. The number of hydrogen-bond acceptors (Lipinski definition) is 16. The van der Waals surface area contributed by atoms with Gasteiger partial charge in [0.2, 0.25) is 37.6 Å².